The van der Waals surface area contributed by atoms with Crippen molar-refractivity contribution in [3.05, 3.63) is 59.2 Å². The first-order chi connectivity index (χ1) is 22.2. The van der Waals surface area contributed by atoms with Gasteiger partial charge in [0, 0.05) is 45.0 Å². The molecule has 3 rings (SSSR count). The Labute approximate surface area is 276 Å². The second kappa shape index (κ2) is 17.0. The normalized spacial score (nSPS) is 14.7. The first-order valence-electron chi connectivity index (χ1n) is 15.2. The van der Waals surface area contributed by atoms with Crippen molar-refractivity contribution in [2.45, 2.75) is 64.8 Å². The molecule has 0 aliphatic carbocycles. The maximum atomic E-state index is 12.8. The Morgan fingerprint density at radius 2 is 1.89 bits per heavy atom. The molecule has 14 heteroatoms. The van der Waals surface area contributed by atoms with Crippen molar-refractivity contribution < 1.29 is 46.8 Å². The van der Waals surface area contributed by atoms with Gasteiger partial charge in [0.1, 0.15) is 23.2 Å². The highest BCUT2D eigenvalue weighted by molar-refractivity contribution is 7.93. The van der Waals surface area contributed by atoms with Crippen LogP contribution in [0.25, 0.3) is 6.08 Å². The van der Waals surface area contributed by atoms with Gasteiger partial charge >= 0.3 is 12.1 Å². The van der Waals surface area contributed by atoms with E-state index in [-0.39, 0.29) is 37.7 Å². The minimum absolute atomic E-state index is 0.0165. The van der Waals surface area contributed by atoms with Crippen LogP contribution < -0.4 is 14.2 Å². The first kappa shape index (κ1) is 37.1. The first-order valence-corrected chi connectivity index (χ1v) is 16.8. The van der Waals surface area contributed by atoms with Gasteiger partial charge < -0.3 is 33.7 Å². The molecule has 256 valence electrons. The molecule has 2 aromatic carbocycles. The third-order valence-corrected chi connectivity index (χ3v) is 7.90. The lowest BCUT2D eigenvalue weighted by atomic mass is 10.0. The number of esters is 1. The van der Waals surface area contributed by atoms with Crippen molar-refractivity contribution in [2.24, 2.45) is 0 Å². The molecule has 1 aliphatic heterocycles. The summed E-state index contributed by atoms with van der Waals surface area (Å²) in [6.07, 6.45) is 2.48. The molecule has 2 aromatic rings. The molecular formula is C33H43N3O10S. The van der Waals surface area contributed by atoms with Crippen molar-refractivity contribution in [2.75, 3.05) is 44.1 Å². The number of aliphatic hydroxyl groups is 1. The number of piperidine rings is 1. The van der Waals surface area contributed by atoms with E-state index in [0.717, 1.165) is 0 Å². The number of hydrogen-bond acceptors (Lipinski definition) is 11. The summed E-state index contributed by atoms with van der Waals surface area (Å²) in [6.45, 7) is 7.93. The highest BCUT2D eigenvalue weighted by Crippen LogP contribution is 2.28. The van der Waals surface area contributed by atoms with Crippen LogP contribution in [0.1, 0.15) is 57.2 Å². The quantitative estimate of drug-likeness (QED) is 0.217. The monoisotopic (exact) mass is 673 g/mol. The van der Waals surface area contributed by atoms with E-state index in [0.29, 0.717) is 54.1 Å². The molecule has 47 heavy (non-hydrogen) atoms. The topological polar surface area (TPSA) is 174 Å². The van der Waals surface area contributed by atoms with E-state index in [4.69, 9.17) is 23.7 Å². The second-order valence-corrected chi connectivity index (χ2v) is 13.5. The van der Waals surface area contributed by atoms with Crippen LogP contribution in [0.3, 0.4) is 0 Å². The molecule has 1 aliphatic rings. The van der Waals surface area contributed by atoms with Crippen LogP contribution in [-0.4, -0.2) is 87.6 Å². The van der Waals surface area contributed by atoms with Crippen LogP contribution in [0, 0.1) is 11.3 Å². The van der Waals surface area contributed by atoms with E-state index in [9.17, 15) is 28.4 Å². The Hall–Kier alpha value is -4.32. The van der Waals surface area contributed by atoms with Crippen LogP contribution in [0.5, 0.6) is 11.5 Å². The lowest BCUT2D eigenvalue weighted by Gasteiger charge is -2.33. The van der Waals surface area contributed by atoms with Crippen LogP contribution in [0.2, 0.25) is 0 Å². The molecular weight excluding hydrogens is 630 g/mol. The summed E-state index contributed by atoms with van der Waals surface area (Å²) in [4.78, 5) is 26.0. The number of anilines is 1. The minimum atomic E-state index is -4.13. The molecule has 0 bridgehead atoms. The highest BCUT2D eigenvalue weighted by atomic mass is 32.2. The zero-order chi connectivity index (χ0) is 34.6. The van der Waals surface area contributed by atoms with E-state index < -0.39 is 33.5 Å². The number of aliphatic hydroxyl groups excluding tert-OH is 1. The highest BCUT2D eigenvalue weighted by Gasteiger charge is 2.28. The number of sulfonamides is 1. The van der Waals surface area contributed by atoms with E-state index in [1.807, 2.05) is 20.8 Å². The number of nitrogens with one attached hydrogen (secondary N) is 1. The molecule has 1 atom stereocenters. The lowest BCUT2D eigenvalue weighted by Crippen LogP contribution is -2.44. The van der Waals surface area contributed by atoms with Gasteiger partial charge in [0.2, 0.25) is 10.0 Å². The number of rotatable bonds is 14. The molecule has 1 saturated heterocycles. The number of carbonyl (C=O) groups excluding carboxylic acids is 2. The maximum Gasteiger partial charge on any atom is 0.410 e. The van der Waals surface area contributed by atoms with Crippen LogP contribution >= 0.6 is 0 Å². The summed E-state index contributed by atoms with van der Waals surface area (Å²) < 4.78 is 55.0. The standard InChI is InChI=1S/C33H43N3O10S/c1-6-43-31(38)21-47(40,41)35-29-11-10-28(45-27-13-15-36(16-14-27)32(39)46-33(2,3)4)19-25(29)18-26(37)9-8-24-17-23(20-34)7-12-30(24)44-22-42-5/h7-12,17,19,26-27,35,37H,6,13-16,18,21-22H2,1-5H3/b9-8+. The van der Waals surface area contributed by atoms with Crippen LogP contribution in [0.4, 0.5) is 10.5 Å². The van der Waals surface area contributed by atoms with Gasteiger partial charge in [0.05, 0.1) is 30.0 Å². The molecule has 0 saturated carbocycles. The molecule has 0 spiro atoms. The number of methoxy groups -OCH3 is 1. The van der Waals surface area contributed by atoms with Gasteiger partial charge in [-0.3, -0.25) is 9.52 Å². The molecule has 1 heterocycles. The van der Waals surface area contributed by atoms with E-state index in [2.05, 4.69) is 10.8 Å². The summed E-state index contributed by atoms with van der Waals surface area (Å²) in [5.41, 5.74) is 0.889. The molecule has 0 aromatic heterocycles. The molecule has 0 radical (unpaired) electrons. The molecule has 2 N–H and O–H groups in total. The Morgan fingerprint density at radius 3 is 2.53 bits per heavy atom. The lowest BCUT2D eigenvalue weighted by molar-refractivity contribution is -0.139. The Bertz CT molecular complexity index is 1560. The smallest absolute Gasteiger partial charge is 0.410 e. The fourth-order valence-corrected chi connectivity index (χ4v) is 5.66. The summed E-state index contributed by atoms with van der Waals surface area (Å²) in [5, 5.41) is 20.3. The van der Waals surface area contributed by atoms with Crippen molar-refractivity contribution in [1.82, 2.24) is 4.90 Å². The number of carbonyl (C=O) groups is 2. The molecule has 1 fully saturated rings. The van der Waals surface area contributed by atoms with Crippen molar-refractivity contribution in [3.63, 3.8) is 0 Å². The van der Waals surface area contributed by atoms with Gasteiger partial charge in [0.25, 0.3) is 0 Å². The van der Waals surface area contributed by atoms with Crippen LogP contribution in [0.15, 0.2) is 42.5 Å². The Kier molecular flexibility index (Phi) is 13.4. The fourth-order valence-electron chi connectivity index (χ4n) is 4.66. The third-order valence-electron chi connectivity index (χ3n) is 6.75. The predicted octanol–water partition coefficient (Wildman–Crippen LogP) is 4.24. The molecule has 1 unspecified atom stereocenters. The second-order valence-electron chi connectivity index (χ2n) is 11.8. The van der Waals surface area contributed by atoms with E-state index in [1.165, 1.54) is 19.3 Å². The number of benzene rings is 2. The Balaban J connectivity index is 1.81. The third kappa shape index (κ3) is 12.4. The van der Waals surface area contributed by atoms with Gasteiger partial charge in [0.15, 0.2) is 12.5 Å². The Morgan fingerprint density at radius 1 is 1.17 bits per heavy atom. The van der Waals surface area contributed by atoms with Crippen molar-refractivity contribution in [3.8, 4) is 17.6 Å². The average molecular weight is 674 g/mol. The SMILES string of the molecule is CCOC(=O)CS(=O)(=O)Nc1ccc(OC2CCN(C(=O)OC(C)(C)C)CC2)cc1CC(O)/C=C/c1cc(C#N)ccc1OCOC. The molecule has 13 nitrogen and oxygen atoms in total. The van der Waals surface area contributed by atoms with E-state index in [1.54, 1.807) is 48.2 Å². The maximum absolute atomic E-state index is 12.8. The minimum Gasteiger partial charge on any atom is -0.490 e. The summed E-state index contributed by atoms with van der Waals surface area (Å²) >= 11 is 0. The molecule has 1 amide bonds. The predicted molar refractivity (Wildman–Crippen MR) is 174 cm³/mol. The number of nitrogens with zero attached hydrogens (tertiary/aromatic N) is 2. The average Bonchev–Trinajstić information content (AvgIpc) is 2.99. The van der Waals surface area contributed by atoms with Gasteiger partial charge in [-0.1, -0.05) is 12.2 Å². The van der Waals surface area contributed by atoms with Crippen molar-refractivity contribution >= 4 is 33.8 Å². The largest absolute Gasteiger partial charge is 0.490 e. The van der Waals surface area contributed by atoms with Gasteiger partial charge in [-0.05, 0) is 69.7 Å². The fraction of sp³-hybridized carbons (Fsp3) is 0.485. The number of hydrogen-bond donors (Lipinski definition) is 2. The number of ether oxygens (including phenoxy) is 5. The summed E-state index contributed by atoms with van der Waals surface area (Å²) in [6, 6.07) is 11.6. The summed E-state index contributed by atoms with van der Waals surface area (Å²) in [7, 11) is -2.65. The zero-order valence-electron chi connectivity index (χ0n) is 27.4. The summed E-state index contributed by atoms with van der Waals surface area (Å²) in [5.74, 6) is -0.892. The van der Waals surface area contributed by atoms with Gasteiger partial charge in [-0.25, -0.2) is 13.2 Å². The van der Waals surface area contributed by atoms with Gasteiger partial charge in [-0.2, -0.15) is 5.26 Å². The van der Waals surface area contributed by atoms with Crippen molar-refractivity contribution in [1.29, 1.82) is 5.26 Å². The number of nitriles is 1. The van der Waals surface area contributed by atoms with E-state index >= 15 is 0 Å². The van der Waals surface area contributed by atoms with Gasteiger partial charge in [-0.15, -0.1) is 0 Å². The number of amides is 1. The zero-order valence-corrected chi connectivity index (χ0v) is 28.2. The number of likely N-dealkylation sites (tertiary alicyclic amines) is 1. The van der Waals surface area contributed by atoms with Crippen LogP contribution in [-0.2, 0) is 35.4 Å².